The molecule has 0 unspecified atom stereocenters. The molecule has 0 spiro atoms. The molecule has 0 radical (unpaired) electrons. The van der Waals surface area contributed by atoms with E-state index in [1.165, 1.54) is 12.1 Å². The molecule has 4 rings (SSSR count). The molecule has 0 aliphatic carbocycles. The van der Waals surface area contributed by atoms with Crippen molar-refractivity contribution in [2.24, 2.45) is 5.92 Å². The van der Waals surface area contributed by atoms with Crippen molar-refractivity contribution in [3.8, 4) is 11.1 Å². The molecule has 1 heterocycles. The van der Waals surface area contributed by atoms with Gasteiger partial charge >= 0.3 is 6.03 Å². The Balaban J connectivity index is 1.51. The predicted octanol–water partition coefficient (Wildman–Crippen LogP) is 3.34. The van der Waals surface area contributed by atoms with E-state index in [0.717, 1.165) is 24.2 Å². The van der Waals surface area contributed by atoms with Gasteiger partial charge in [0.2, 0.25) is 9.84 Å². The first kappa shape index (κ1) is 22.0. The third kappa shape index (κ3) is 4.99. The third-order valence-electron chi connectivity index (χ3n) is 5.39. The minimum Gasteiger partial charge on any atom is -0.337 e. The summed E-state index contributed by atoms with van der Waals surface area (Å²) >= 11 is 0. The number of rotatable bonds is 6. The Hall–Kier alpha value is -3.20. The summed E-state index contributed by atoms with van der Waals surface area (Å²) in [6.45, 7) is 4.13. The summed E-state index contributed by atoms with van der Waals surface area (Å²) in [5, 5.41) is 5.57. The first-order valence-electron chi connectivity index (χ1n) is 10.5. The molecule has 0 aromatic heterocycles. The number of nitrogens with one attached hydrogen (secondary N) is 4. The lowest BCUT2D eigenvalue weighted by atomic mass is 10.0. The van der Waals surface area contributed by atoms with Crippen LogP contribution in [0.5, 0.6) is 0 Å². The lowest BCUT2D eigenvalue weighted by Gasteiger charge is -2.13. The van der Waals surface area contributed by atoms with Crippen molar-refractivity contribution in [2.75, 3.05) is 25.0 Å². The van der Waals surface area contributed by atoms with Crippen LogP contribution in [0, 0.1) is 12.8 Å². The van der Waals surface area contributed by atoms with Crippen LogP contribution in [0.4, 0.5) is 10.5 Å². The van der Waals surface area contributed by atoms with Gasteiger partial charge in [0.05, 0.1) is 9.79 Å². The van der Waals surface area contributed by atoms with Crippen molar-refractivity contribution in [3.05, 3.63) is 78.4 Å². The molecule has 0 bridgehead atoms. The molecule has 3 aromatic carbocycles. The van der Waals surface area contributed by atoms with Gasteiger partial charge in [0.1, 0.15) is 0 Å². The van der Waals surface area contributed by atoms with Gasteiger partial charge in [-0.1, -0.05) is 48.0 Å². The number of urea groups is 1. The fraction of sp³-hybridized carbons (Fsp3) is 0.208. The second-order valence-corrected chi connectivity index (χ2v) is 9.77. The van der Waals surface area contributed by atoms with Crippen molar-refractivity contribution in [1.82, 2.24) is 16.2 Å². The van der Waals surface area contributed by atoms with Crippen LogP contribution in [-0.2, 0) is 9.84 Å². The number of anilines is 1. The van der Waals surface area contributed by atoms with Crippen molar-refractivity contribution < 1.29 is 13.2 Å². The molecule has 3 aromatic rings. The number of carbonyl (C=O) groups is 1. The van der Waals surface area contributed by atoms with Gasteiger partial charge in [-0.15, -0.1) is 0 Å². The van der Waals surface area contributed by atoms with Crippen molar-refractivity contribution >= 4 is 21.6 Å². The van der Waals surface area contributed by atoms with Crippen molar-refractivity contribution in [2.45, 2.75) is 16.7 Å². The Morgan fingerprint density at radius 1 is 0.969 bits per heavy atom. The van der Waals surface area contributed by atoms with Crippen LogP contribution in [0.15, 0.2) is 82.6 Å². The van der Waals surface area contributed by atoms with Crippen LogP contribution < -0.4 is 21.5 Å². The minimum atomic E-state index is -3.74. The summed E-state index contributed by atoms with van der Waals surface area (Å²) in [5.74, 6) is 0.335. The first-order valence-corrected chi connectivity index (χ1v) is 11.9. The van der Waals surface area contributed by atoms with E-state index in [-0.39, 0.29) is 15.8 Å². The molecule has 1 fully saturated rings. The van der Waals surface area contributed by atoms with Crippen LogP contribution in [0.1, 0.15) is 5.56 Å². The second-order valence-electron chi connectivity index (χ2n) is 7.86. The highest BCUT2D eigenvalue weighted by Crippen LogP contribution is 2.32. The summed E-state index contributed by atoms with van der Waals surface area (Å²) in [6, 6.07) is 20.7. The van der Waals surface area contributed by atoms with Crippen molar-refractivity contribution in [3.63, 3.8) is 0 Å². The first-order chi connectivity index (χ1) is 15.4. The van der Waals surface area contributed by atoms with E-state index in [2.05, 4.69) is 21.5 Å². The number of aryl methyl sites for hydroxylation is 1. The Morgan fingerprint density at radius 2 is 1.69 bits per heavy atom. The van der Waals surface area contributed by atoms with E-state index in [9.17, 15) is 13.2 Å². The molecule has 7 nitrogen and oxygen atoms in total. The van der Waals surface area contributed by atoms with Crippen molar-refractivity contribution in [1.29, 1.82) is 0 Å². The normalized spacial score (nSPS) is 14.3. The molecule has 166 valence electrons. The zero-order valence-corrected chi connectivity index (χ0v) is 18.6. The lowest BCUT2D eigenvalue weighted by Crippen LogP contribution is -2.34. The molecule has 8 heteroatoms. The Kier molecular flexibility index (Phi) is 6.55. The summed E-state index contributed by atoms with van der Waals surface area (Å²) in [7, 11) is -3.74. The van der Waals surface area contributed by atoms with E-state index < -0.39 is 9.84 Å². The molecule has 0 saturated carbocycles. The highest BCUT2D eigenvalue weighted by atomic mass is 32.2. The number of hydrazine groups is 1. The number of hydrogen-bond acceptors (Lipinski definition) is 5. The van der Waals surface area contributed by atoms with E-state index in [1.807, 2.05) is 43.3 Å². The molecule has 0 atom stereocenters. The topological polar surface area (TPSA) is 99.3 Å². The monoisotopic (exact) mass is 450 g/mol. The fourth-order valence-corrected chi connectivity index (χ4v) is 5.14. The highest BCUT2D eigenvalue weighted by molar-refractivity contribution is 7.91. The van der Waals surface area contributed by atoms with Gasteiger partial charge in [-0.2, -0.15) is 0 Å². The molecular formula is C24H26N4O3S. The van der Waals surface area contributed by atoms with Gasteiger partial charge in [0.25, 0.3) is 0 Å². The zero-order valence-electron chi connectivity index (χ0n) is 17.8. The summed E-state index contributed by atoms with van der Waals surface area (Å²) in [5.41, 5.74) is 9.13. The van der Waals surface area contributed by atoms with E-state index in [1.54, 1.807) is 24.3 Å². The molecular weight excluding hydrogens is 424 g/mol. The summed E-state index contributed by atoms with van der Waals surface area (Å²) in [4.78, 5) is 12.5. The predicted molar refractivity (Wildman–Crippen MR) is 125 cm³/mol. The maximum atomic E-state index is 13.4. The number of amides is 2. The van der Waals surface area contributed by atoms with Crippen LogP contribution in [-0.4, -0.2) is 34.1 Å². The Labute approximate surface area is 188 Å². The number of carbonyl (C=O) groups excluding carboxylic acids is 1. The van der Waals surface area contributed by atoms with Crippen LogP contribution >= 0.6 is 0 Å². The molecule has 1 saturated heterocycles. The quantitative estimate of drug-likeness (QED) is 0.462. The van der Waals surface area contributed by atoms with Gasteiger partial charge in [0, 0.05) is 36.8 Å². The SMILES string of the molecule is Cc1cccc(-c2ccccc2S(=O)(=O)c2ccc(NC(=O)NCC3CNNC3)cc2)c1. The number of sulfone groups is 1. The highest BCUT2D eigenvalue weighted by Gasteiger charge is 2.22. The Bertz CT molecular complexity index is 1200. The summed E-state index contributed by atoms with van der Waals surface area (Å²) < 4.78 is 26.8. The smallest absolute Gasteiger partial charge is 0.319 e. The fourth-order valence-electron chi connectivity index (χ4n) is 3.66. The second kappa shape index (κ2) is 9.52. The van der Waals surface area contributed by atoms with E-state index in [0.29, 0.717) is 23.7 Å². The van der Waals surface area contributed by atoms with E-state index in [4.69, 9.17) is 0 Å². The standard InChI is InChI=1S/C24H26N4O3S/c1-17-5-4-6-19(13-17)22-7-2-3-8-23(22)32(30,31)21-11-9-20(10-12-21)28-24(29)25-14-18-15-26-27-16-18/h2-13,18,26-27H,14-16H2,1H3,(H2,25,28,29). The maximum Gasteiger partial charge on any atom is 0.319 e. The van der Waals surface area contributed by atoms with Gasteiger partial charge in [-0.25, -0.2) is 13.2 Å². The zero-order chi connectivity index (χ0) is 22.6. The molecule has 2 amide bonds. The minimum absolute atomic E-state index is 0.173. The van der Waals surface area contributed by atoms with Gasteiger partial charge < -0.3 is 10.6 Å². The summed E-state index contributed by atoms with van der Waals surface area (Å²) in [6.07, 6.45) is 0. The number of benzene rings is 3. The average molecular weight is 451 g/mol. The van der Waals surface area contributed by atoms with Crippen LogP contribution in [0.3, 0.4) is 0 Å². The lowest BCUT2D eigenvalue weighted by molar-refractivity contribution is 0.250. The molecule has 1 aliphatic heterocycles. The largest absolute Gasteiger partial charge is 0.337 e. The number of hydrogen-bond donors (Lipinski definition) is 4. The molecule has 1 aliphatic rings. The molecule has 4 N–H and O–H groups in total. The van der Waals surface area contributed by atoms with Gasteiger partial charge in [0.15, 0.2) is 0 Å². The molecule has 32 heavy (non-hydrogen) atoms. The third-order valence-corrected chi connectivity index (χ3v) is 7.21. The Morgan fingerprint density at radius 3 is 2.41 bits per heavy atom. The average Bonchev–Trinajstić information content (AvgIpc) is 3.32. The van der Waals surface area contributed by atoms with Crippen LogP contribution in [0.25, 0.3) is 11.1 Å². The van der Waals surface area contributed by atoms with Crippen LogP contribution in [0.2, 0.25) is 0 Å². The van der Waals surface area contributed by atoms with E-state index >= 15 is 0 Å². The van der Waals surface area contributed by atoms with Gasteiger partial charge in [-0.3, -0.25) is 10.9 Å². The maximum absolute atomic E-state index is 13.4. The van der Waals surface area contributed by atoms with Gasteiger partial charge in [-0.05, 0) is 42.8 Å².